The van der Waals surface area contributed by atoms with Crippen LogP contribution in [0.1, 0.15) is 56.7 Å². The number of nitrogens with one attached hydrogen (secondary N) is 1. The summed E-state index contributed by atoms with van der Waals surface area (Å²) in [6.07, 6.45) is 7.32. The van der Waals surface area contributed by atoms with E-state index in [0.29, 0.717) is 0 Å². The number of hydrogen-bond donors (Lipinski definition) is 3. The summed E-state index contributed by atoms with van der Waals surface area (Å²) in [7, 11) is -4.67. The van der Waals surface area contributed by atoms with Gasteiger partial charge < -0.3 is 4.98 Å². The molecule has 7 heteroatoms. The number of unbranched alkanes of at least 4 members (excludes halogenated alkanes) is 2. The van der Waals surface area contributed by atoms with Crippen molar-refractivity contribution in [2.45, 2.75) is 59.3 Å². The number of aromatic amines is 1. The second kappa shape index (κ2) is 9.06. The van der Waals surface area contributed by atoms with Gasteiger partial charge in [-0.3, -0.25) is 9.11 Å². The first-order valence-corrected chi connectivity index (χ1v) is 7.91. The molecule has 1 aromatic rings. The predicted octanol–water partition coefficient (Wildman–Crippen LogP) is 2.75. The Kier molecular flexibility index (Phi) is 8.62. The lowest BCUT2D eigenvalue weighted by molar-refractivity contribution is 0.381. The molecule has 0 amide bonds. The summed E-state index contributed by atoms with van der Waals surface area (Å²) in [6, 6.07) is 0. The molecular weight excluding hydrogens is 268 g/mol. The third-order valence-corrected chi connectivity index (χ3v) is 2.53. The molecule has 0 unspecified atom stereocenters. The van der Waals surface area contributed by atoms with Crippen LogP contribution in [0.15, 0.2) is 0 Å². The van der Waals surface area contributed by atoms with Gasteiger partial charge in [-0.25, -0.2) is 4.98 Å². The highest BCUT2D eigenvalue weighted by Crippen LogP contribution is 2.12. The lowest BCUT2D eigenvalue weighted by atomic mass is 10.1. The van der Waals surface area contributed by atoms with Gasteiger partial charge in [-0.15, -0.1) is 0 Å². The molecule has 3 N–H and O–H groups in total. The second-order valence-corrected chi connectivity index (χ2v) is 5.30. The molecule has 0 aliphatic heterocycles. The van der Waals surface area contributed by atoms with Crippen molar-refractivity contribution in [3.8, 4) is 0 Å². The van der Waals surface area contributed by atoms with E-state index in [2.05, 4.69) is 23.8 Å². The minimum Gasteiger partial charge on any atom is -0.346 e. The van der Waals surface area contributed by atoms with Crippen molar-refractivity contribution in [1.29, 1.82) is 0 Å². The Bertz CT molecular complexity index is 421. The van der Waals surface area contributed by atoms with Crippen LogP contribution in [-0.2, 0) is 23.2 Å². The van der Waals surface area contributed by atoms with Crippen molar-refractivity contribution in [2.24, 2.45) is 0 Å². The monoisotopic (exact) mass is 292 g/mol. The minimum atomic E-state index is -4.67. The molecular formula is C12H24N2O4S. The first-order chi connectivity index (χ1) is 8.77. The predicted molar refractivity (Wildman–Crippen MR) is 74.7 cm³/mol. The fourth-order valence-corrected chi connectivity index (χ4v) is 1.70. The fraction of sp³-hybridized carbons (Fsp3) is 0.750. The van der Waals surface area contributed by atoms with Gasteiger partial charge in [0, 0.05) is 5.69 Å². The molecule has 0 saturated carbocycles. The van der Waals surface area contributed by atoms with Crippen molar-refractivity contribution >= 4 is 10.4 Å². The Balaban J connectivity index is 0.000000555. The van der Waals surface area contributed by atoms with Crippen molar-refractivity contribution in [1.82, 2.24) is 9.97 Å². The van der Waals surface area contributed by atoms with Gasteiger partial charge >= 0.3 is 10.4 Å². The smallest absolute Gasteiger partial charge is 0.346 e. The SMILES string of the molecule is CCCCc1nc(C)[nH]c1CCCC.O=S(=O)(O)O. The molecule has 0 aromatic carbocycles. The van der Waals surface area contributed by atoms with Gasteiger partial charge in [0.2, 0.25) is 0 Å². The Hall–Kier alpha value is -0.920. The maximum atomic E-state index is 8.74. The van der Waals surface area contributed by atoms with E-state index in [1.54, 1.807) is 0 Å². The molecule has 19 heavy (non-hydrogen) atoms. The summed E-state index contributed by atoms with van der Waals surface area (Å²) >= 11 is 0. The average molecular weight is 292 g/mol. The zero-order chi connectivity index (χ0) is 14.9. The van der Waals surface area contributed by atoms with Crippen LogP contribution in [0.3, 0.4) is 0 Å². The molecule has 6 nitrogen and oxygen atoms in total. The van der Waals surface area contributed by atoms with Crippen molar-refractivity contribution < 1.29 is 17.5 Å². The van der Waals surface area contributed by atoms with E-state index in [-0.39, 0.29) is 0 Å². The molecule has 0 atom stereocenters. The van der Waals surface area contributed by atoms with Gasteiger partial charge in [-0.05, 0) is 32.6 Å². The maximum Gasteiger partial charge on any atom is 0.394 e. The van der Waals surface area contributed by atoms with E-state index in [4.69, 9.17) is 17.5 Å². The number of hydrogen-bond acceptors (Lipinski definition) is 3. The number of nitrogens with zero attached hydrogens (tertiary/aromatic N) is 1. The molecule has 1 aromatic heterocycles. The van der Waals surface area contributed by atoms with Gasteiger partial charge in [0.05, 0.1) is 5.69 Å². The van der Waals surface area contributed by atoms with Crippen molar-refractivity contribution in [3.63, 3.8) is 0 Å². The van der Waals surface area contributed by atoms with Gasteiger partial charge in [-0.1, -0.05) is 26.7 Å². The van der Waals surface area contributed by atoms with Crippen LogP contribution in [0.25, 0.3) is 0 Å². The highest BCUT2D eigenvalue weighted by molar-refractivity contribution is 7.79. The highest BCUT2D eigenvalue weighted by Gasteiger charge is 2.06. The standard InChI is InChI=1S/C12H22N2.H2O4S/c1-4-6-8-11-12(9-7-5-2)14-10(3)13-11;1-5(2,3)4/h4-9H2,1-3H3,(H,13,14);(H2,1,2,3,4). The van der Waals surface area contributed by atoms with Crippen LogP contribution in [0.4, 0.5) is 0 Å². The van der Waals surface area contributed by atoms with Crippen LogP contribution in [0.2, 0.25) is 0 Å². The topological polar surface area (TPSA) is 103 Å². The molecule has 0 spiro atoms. The lowest BCUT2D eigenvalue weighted by Crippen LogP contribution is -1.93. The van der Waals surface area contributed by atoms with Gasteiger partial charge in [0.15, 0.2) is 0 Å². The number of imidazole rings is 1. The molecule has 0 bridgehead atoms. The zero-order valence-corrected chi connectivity index (χ0v) is 12.6. The van der Waals surface area contributed by atoms with E-state index in [9.17, 15) is 0 Å². The second-order valence-electron chi connectivity index (χ2n) is 4.40. The Morgan fingerprint density at radius 2 is 1.58 bits per heavy atom. The molecule has 1 rings (SSSR count). The highest BCUT2D eigenvalue weighted by atomic mass is 32.3. The Morgan fingerprint density at radius 3 is 2.05 bits per heavy atom. The third-order valence-electron chi connectivity index (χ3n) is 2.53. The first-order valence-electron chi connectivity index (χ1n) is 6.52. The molecule has 0 saturated heterocycles. The van der Waals surface area contributed by atoms with Gasteiger partial charge in [0.1, 0.15) is 5.82 Å². The molecule has 112 valence electrons. The summed E-state index contributed by atoms with van der Waals surface area (Å²) in [5.74, 6) is 1.07. The fourth-order valence-electron chi connectivity index (χ4n) is 1.70. The average Bonchev–Trinajstić information content (AvgIpc) is 2.62. The van der Waals surface area contributed by atoms with E-state index in [1.165, 1.54) is 37.1 Å². The van der Waals surface area contributed by atoms with E-state index in [1.807, 2.05) is 6.92 Å². The maximum absolute atomic E-state index is 8.74. The largest absolute Gasteiger partial charge is 0.394 e. The van der Waals surface area contributed by atoms with Crippen LogP contribution < -0.4 is 0 Å². The van der Waals surface area contributed by atoms with Gasteiger partial charge in [0.25, 0.3) is 0 Å². The van der Waals surface area contributed by atoms with E-state index >= 15 is 0 Å². The normalized spacial score (nSPS) is 11.0. The summed E-state index contributed by atoms with van der Waals surface area (Å²) in [4.78, 5) is 7.92. The number of aromatic nitrogens is 2. The van der Waals surface area contributed by atoms with Crippen molar-refractivity contribution in [3.05, 3.63) is 17.2 Å². The minimum absolute atomic E-state index is 1.07. The number of H-pyrrole nitrogens is 1. The quantitative estimate of drug-likeness (QED) is 0.699. The molecule has 1 heterocycles. The van der Waals surface area contributed by atoms with Gasteiger partial charge in [-0.2, -0.15) is 8.42 Å². The lowest BCUT2D eigenvalue weighted by Gasteiger charge is -2.00. The molecule has 0 aliphatic carbocycles. The number of rotatable bonds is 6. The number of aryl methyl sites for hydroxylation is 3. The summed E-state index contributed by atoms with van der Waals surface area (Å²) in [6.45, 7) is 6.51. The first kappa shape index (κ1) is 18.1. The van der Waals surface area contributed by atoms with E-state index < -0.39 is 10.4 Å². The van der Waals surface area contributed by atoms with Crippen LogP contribution in [0.5, 0.6) is 0 Å². The molecule has 0 radical (unpaired) electrons. The van der Waals surface area contributed by atoms with Crippen LogP contribution >= 0.6 is 0 Å². The van der Waals surface area contributed by atoms with Crippen LogP contribution in [0, 0.1) is 6.92 Å². The Morgan fingerprint density at radius 1 is 1.11 bits per heavy atom. The molecule has 0 fully saturated rings. The zero-order valence-electron chi connectivity index (χ0n) is 11.8. The molecule has 0 aliphatic rings. The van der Waals surface area contributed by atoms with Crippen molar-refractivity contribution in [2.75, 3.05) is 0 Å². The summed E-state index contributed by atoms with van der Waals surface area (Å²) in [5, 5.41) is 0. The Labute approximate surface area is 115 Å². The van der Waals surface area contributed by atoms with E-state index in [0.717, 1.165) is 18.7 Å². The third kappa shape index (κ3) is 10.7. The van der Waals surface area contributed by atoms with Crippen LogP contribution in [-0.4, -0.2) is 27.5 Å². The summed E-state index contributed by atoms with van der Waals surface area (Å²) in [5.41, 5.74) is 2.68. The summed E-state index contributed by atoms with van der Waals surface area (Å²) < 4.78 is 31.6.